The van der Waals surface area contributed by atoms with Crippen molar-refractivity contribution in [2.75, 3.05) is 26.3 Å². The van der Waals surface area contributed by atoms with Gasteiger partial charge in [0.25, 0.3) is 0 Å². The fourth-order valence-corrected chi connectivity index (χ4v) is 6.01. The van der Waals surface area contributed by atoms with Crippen LogP contribution in [0.25, 0.3) is 0 Å². The molecule has 2 aliphatic rings. The van der Waals surface area contributed by atoms with E-state index in [9.17, 15) is 8.42 Å². The number of piperidine rings is 1. The number of sulfonamides is 1. The van der Waals surface area contributed by atoms with Gasteiger partial charge in [0.2, 0.25) is 15.9 Å². The molecule has 1 atom stereocenters. The van der Waals surface area contributed by atoms with Crippen LogP contribution in [0.4, 0.5) is 0 Å². The van der Waals surface area contributed by atoms with E-state index in [1.165, 1.54) is 0 Å². The molecule has 0 bridgehead atoms. The smallest absolute Gasteiger partial charge is 0.243 e. The van der Waals surface area contributed by atoms with Crippen molar-refractivity contribution < 1.29 is 22.4 Å². The molecule has 2 saturated heterocycles. The van der Waals surface area contributed by atoms with Crippen molar-refractivity contribution in [1.82, 2.24) is 14.4 Å². The lowest BCUT2D eigenvalue weighted by atomic mass is 9.79. The third-order valence-corrected chi connectivity index (χ3v) is 8.20. The Morgan fingerprint density at radius 3 is 2.58 bits per heavy atom. The molecule has 1 aromatic carbocycles. The van der Waals surface area contributed by atoms with Crippen LogP contribution in [0.2, 0.25) is 0 Å². The predicted octanol–water partition coefficient (Wildman–Crippen LogP) is 3.22. The summed E-state index contributed by atoms with van der Waals surface area (Å²) >= 11 is 0. The SMILES string of the molecule is CCOc1ccc(S(=O)(=O)N2CCC3(CC2)CC(Cc2nc(CC)no2)CCO3)cc1. The van der Waals surface area contributed by atoms with Gasteiger partial charge in [0.15, 0.2) is 5.82 Å². The summed E-state index contributed by atoms with van der Waals surface area (Å²) in [6, 6.07) is 6.65. The van der Waals surface area contributed by atoms with Crippen molar-refractivity contribution >= 4 is 10.0 Å². The van der Waals surface area contributed by atoms with Crippen molar-refractivity contribution in [3.63, 3.8) is 0 Å². The lowest BCUT2D eigenvalue weighted by Crippen LogP contribution is -2.50. The van der Waals surface area contributed by atoms with Gasteiger partial charge in [-0.25, -0.2) is 8.42 Å². The first-order valence-electron chi connectivity index (χ1n) is 11.1. The highest BCUT2D eigenvalue weighted by molar-refractivity contribution is 7.89. The molecule has 0 N–H and O–H groups in total. The van der Waals surface area contributed by atoms with E-state index in [1.807, 2.05) is 13.8 Å². The minimum absolute atomic E-state index is 0.263. The third kappa shape index (κ3) is 4.94. The fourth-order valence-electron chi connectivity index (χ4n) is 4.57. The van der Waals surface area contributed by atoms with Crippen LogP contribution in [0.1, 0.15) is 51.2 Å². The Morgan fingerprint density at radius 2 is 1.94 bits per heavy atom. The van der Waals surface area contributed by atoms with Crippen LogP contribution in [0.15, 0.2) is 33.7 Å². The minimum Gasteiger partial charge on any atom is -0.494 e. The predicted molar refractivity (Wildman–Crippen MR) is 114 cm³/mol. The van der Waals surface area contributed by atoms with Gasteiger partial charge in [-0.2, -0.15) is 9.29 Å². The third-order valence-electron chi connectivity index (χ3n) is 6.29. The summed E-state index contributed by atoms with van der Waals surface area (Å²) in [6.07, 6.45) is 4.77. The second-order valence-electron chi connectivity index (χ2n) is 8.36. The maximum atomic E-state index is 13.1. The second kappa shape index (κ2) is 9.26. The molecule has 9 heteroatoms. The maximum absolute atomic E-state index is 13.1. The maximum Gasteiger partial charge on any atom is 0.243 e. The van der Waals surface area contributed by atoms with Gasteiger partial charge < -0.3 is 14.0 Å². The van der Waals surface area contributed by atoms with Gasteiger partial charge in [0, 0.05) is 32.5 Å². The standard InChI is InChI=1S/C22H31N3O5S/c1-3-20-23-21(30-24-20)15-17-9-14-29-22(16-17)10-12-25(13-11-22)31(26,27)19-7-5-18(6-8-19)28-4-2/h5-8,17H,3-4,9-16H2,1-2H3. The zero-order chi connectivity index (χ0) is 21.9. The summed E-state index contributed by atoms with van der Waals surface area (Å²) < 4.78 is 44.7. The summed E-state index contributed by atoms with van der Waals surface area (Å²) in [5.74, 6) is 2.51. The van der Waals surface area contributed by atoms with Crippen LogP contribution < -0.4 is 4.74 Å². The zero-order valence-electron chi connectivity index (χ0n) is 18.2. The van der Waals surface area contributed by atoms with Crippen LogP contribution in [0.3, 0.4) is 0 Å². The van der Waals surface area contributed by atoms with Crippen molar-refractivity contribution in [2.45, 2.75) is 62.9 Å². The van der Waals surface area contributed by atoms with E-state index in [0.717, 1.165) is 31.5 Å². The molecular formula is C22H31N3O5S. The molecule has 31 heavy (non-hydrogen) atoms. The number of rotatable bonds is 7. The van der Waals surface area contributed by atoms with Gasteiger partial charge in [-0.05, 0) is 62.8 Å². The number of benzene rings is 1. The minimum atomic E-state index is -3.52. The van der Waals surface area contributed by atoms with Crippen LogP contribution in [-0.2, 0) is 27.6 Å². The lowest BCUT2D eigenvalue weighted by molar-refractivity contribution is -0.121. The van der Waals surface area contributed by atoms with Gasteiger partial charge in [-0.15, -0.1) is 0 Å². The molecule has 0 amide bonds. The van der Waals surface area contributed by atoms with E-state index >= 15 is 0 Å². The van der Waals surface area contributed by atoms with E-state index in [-0.39, 0.29) is 5.60 Å². The molecular weight excluding hydrogens is 418 g/mol. The van der Waals surface area contributed by atoms with E-state index in [2.05, 4.69) is 10.1 Å². The number of hydrogen-bond acceptors (Lipinski definition) is 7. The average molecular weight is 450 g/mol. The molecule has 3 heterocycles. The van der Waals surface area contributed by atoms with Crippen LogP contribution >= 0.6 is 0 Å². The lowest BCUT2D eigenvalue weighted by Gasteiger charge is -2.45. The summed E-state index contributed by atoms with van der Waals surface area (Å²) in [5, 5.41) is 3.99. The summed E-state index contributed by atoms with van der Waals surface area (Å²) in [4.78, 5) is 4.74. The normalized spacial score (nSPS) is 21.9. The molecule has 2 aromatic rings. The number of aryl methyl sites for hydroxylation is 1. The highest BCUT2D eigenvalue weighted by atomic mass is 32.2. The van der Waals surface area contributed by atoms with E-state index < -0.39 is 10.0 Å². The van der Waals surface area contributed by atoms with Gasteiger partial charge in [0.05, 0.1) is 17.1 Å². The van der Waals surface area contributed by atoms with E-state index in [4.69, 9.17) is 14.0 Å². The van der Waals surface area contributed by atoms with Crippen molar-refractivity contribution in [3.05, 3.63) is 36.0 Å². The number of nitrogens with zero attached hydrogens (tertiary/aromatic N) is 3. The summed E-state index contributed by atoms with van der Waals surface area (Å²) in [7, 11) is -3.52. The quantitative estimate of drug-likeness (QED) is 0.640. The molecule has 1 spiro atoms. The molecule has 8 nitrogen and oxygen atoms in total. The van der Waals surface area contributed by atoms with Crippen molar-refractivity contribution in [3.8, 4) is 5.75 Å². The van der Waals surface area contributed by atoms with E-state index in [1.54, 1.807) is 28.6 Å². The first-order chi connectivity index (χ1) is 14.9. The largest absolute Gasteiger partial charge is 0.494 e. The van der Waals surface area contributed by atoms with Gasteiger partial charge in [-0.3, -0.25) is 0 Å². The summed E-state index contributed by atoms with van der Waals surface area (Å²) in [6.45, 7) is 6.06. The zero-order valence-corrected chi connectivity index (χ0v) is 19.1. The number of ether oxygens (including phenoxy) is 2. The van der Waals surface area contributed by atoms with Crippen LogP contribution in [0.5, 0.6) is 5.75 Å². The fraction of sp³-hybridized carbons (Fsp3) is 0.636. The Kier molecular flexibility index (Phi) is 6.64. The Morgan fingerprint density at radius 1 is 1.19 bits per heavy atom. The summed E-state index contributed by atoms with van der Waals surface area (Å²) in [5.41, 5.74) is -0.263. The number of aromatic nitrogens is 2. The molecule has 2 aliphatic heterocycles. The molecule has 0 saturated carbocycles. The Hall–Kier alpha value is -1.97. The molecule has 1 unspecified atom stereocenters. The van der Waals surface area contributed by atoms with Gasteiger partial charge in [-0.1, -0.05) is 12.1 Å². The van der Waals surface area contributed by atoms with Crippen molar-refractivity contribution in [1.29, 1.82) is 0 Å². The monoisotopic (exact) mass is 449 g/mol. The first kappa shape index (κ1) is 22.2. The molecule has 1 aromatic heterocycles. The Bertz CT molecular complexity index is 965. The van der Waals surface area contributed by atoms with Crippen molar-refractivity contribution in [2.24, 2.45) is 5.92 Å². The van der Waals surface area contributed by atoms with E-state index in [0.29, 0.717) is 61.6 Å². The first-order valence-corrected chi connectivity index (χ1v) is 12.6. The average Bonchev–Trinajstić information content (AvgIpc) is 3.22. The number of hydrogen-bond donors (Lipinski definition) is 0. The Labute approximate surface area is 184 Å². The van der Waals surface area contributed by atoms with Crippen LogP contribution in [-0.4, -0.2) is 54.8 Å². The van der Waals surface area contributed by atoms with Gasteiger partial charge >= 0.3 is 0 Å². The molecule has 0 radical (unpaired) electrons. The highest BCUT2D eigenvalue weighted by Crippen LogP contribution is 2.39. The molecule has 0 aliphatic carbocycles. The topological polar surface area (TPSA) is 94.8 Å². The second-order valence-corrected chi connectivity index (χ2v) is 10.3. The molecule has 4 rings (SSSR count). The highest BCUT2D eigenvalue weighted by Gasteiger charge is 2.43. The Balaban J connectivity index is 1.37. The van der Waals surface area contributed by atoms with Crippen LogP contribution in [0, 0.1) is 5.92 Å². The van der Waals surface area contributed by atoms with Gasteiger partial charge in [0.1, 0.15) is 5.75 Å². The molecule has 2 fully saturated rings. The molecule has 170 valence electrons.